The minimum atomic E-state index is 0.0124. The van der Waals surface area contributed by atoms with Crippen LogP contribution in [0.2, 0.25) is 0 Å². The van der Waals surface area contributed by atoms with Gasteiger partial charge in [-0.3, -0.25) is 4.79 Å². The fraction of sp³-hybridized carbons (Fsp3) is 0.263. The van der Waals surface area contributed by atoms with Gasteiger partial charge in [0.05, 0.1) is 6.54 Å². The molecule has 4 heteroatoms. The second kappa shape index (κ2) is 7.09. The lowest BCUT2D eigenvalue weighted by Gasteiger charge is -2.15. The topological polar surface area (TPSA) is 42.4 Å². The monoisotopic (exact) mass is 308 g/mol. The first kappa shape index (κ1) is 15.3. The first-order valence-electron chi connectivity index (χ1n) is 7.83. The van der Waals surface area contributed by atoms with Gasteiger partial charge < -0.3 is 9.64 Å². The Morgan fingerprint density at radius 2 is 2.04 bits per heavy atom. The molecule has 1 aliphatic heterocycles. The maximum absolute atomic E-state index is 12.2. The number of rotatable bonds is 4. The van der Waals surface area contributed by atoms with E-state index >= 15 is 0 Å². The summed E-state index contributed by atoms with van der Waals surface area (Å²) in [7, 11) is 0. The van der Waals surface area contributed by atoms with Crippen LogP contribution < -0.4 is 4.74 Å². The Balaban J connectivity index is 1.55. The SMILES string of the molecule is Cc1cccc(OC2CCN(C(=O)/C=C/c3ccccc3)C2)n1. The highest BCUT2D eigenvalue weighted by Crippen LogP contribution is 2.17. The van der Waals surface area contributed by atoms with E-state index in [2.05, 4.69) is 4.98 Å². The summed E-state index contributed by atoms with van der Waals surface area (Å²) in [6, 6.07) is 15.5. The van der Waals surface area contributed by atoms with Gasteiger partial charge in [-0.2, -0.15) is 0 Å². The number of hydrogen-bond donors (Lipinski definition) is 0. The van der Waals surface area contributed by atoms with Crippen LogP contribution in [-0.4, -0.2) is 35.0 Å². The van der Waals surface area contributed by atoms with Gasteiger partial charge in [-0.15, -0.1) is 0 Å². The molecule has 1 amide bonds. The summed E-state index contributed by atoms with van der Waals surface area (Å²) in [5, 5.41) is 0. The fourth-order valence-electron chi connectivity index (χ4n) is 2.62. The predicted octanol–water partition coefficient (Wildman–Crippen LogP) is 3.08. The quantitative estimate of drug-likeness (QED) is 0.815. The minimum Gasteiger partial charge on any atom is -0.472 e. The van der Waals surface area contributed by atoms with E-state index in [0.717, 1.165) is 17.7 Å². The van der Waals surface area contributed by atoms with Crippen molar-refractivity contribution in [3.8, 4) is 5.88 Å². The number of hydrogen-bond acceptors (Lipinski definition) is 3. The minimum absolute atomic E-state index is 0.0124. The van der Waals surface area contributed by atoms with Crippen LogP contribution in [-0.2, 0) is 4.79 Å². The third-order valence-corrected chi connectivity index (χ3v) is 3.82. The molecule has 0 radical (unpaired) electrons. The molecule has 0 N–H and O–H groups in total. The first-order chi connectivity index (χ1) is 11.2. The summed E-state index contributed by atoms with van der Waals surface area (Å²) in [5.41, 5.74) is 1.95. The van der Waals surface area contributed by atoms with Gasteiger partial charge in [0.1, 0.15) is 6.10 Å². The molecule has 0 spiro atoms. The molecule has 23 heavy (non-hydrogen) atoms. The Hall–Kier alpha value is -2.62. The standard InChI is InChI=1S/C19H20N2O2/c1-15-6-5-9-18(20-15)23-17-12-13-21(14-17)19(22)11-10-16-7-3-2-4-8-16/h2-11,17H,12-14H2,1H3/b11-10+. The van der Waals surface area contributed by atoms with Gasteiger partial charge in [0.25, 0.3) is 0 Å². The molecule has 0 aliphatic carbocycles. The van der Waals surface area contributed by atoms with Gasteiger partial charge in [-0.05, 0) is 24.6 Å². The van der Waals surface area contributed by atoms with Crippen molar-refractivity contribution in [3.63, 3.8) is 0 Å². The van der Waals surface area contributed by atoms with Gasteiger partial charge in [0, 0.05) is 30.8 Å². The van der Waals surface area contributed by atoms with Crippen molar-refractivity contribution in [2.75, 3.05) is 13.1 Å². The van der Waals surface area contributed by atoms with E-state index in [-0.39, 0.29) is 12.0 Å². The number of benzene rings is 1. The molecule has 2 heterocycles. The van der Waals surface area contributed by atoms with E-state index in [0.29, 0.717) is 19.0 Å². The number of carbonyl (C=O) groups is 1. The molecule has 1 saturated heterocycles. The third kappa shape index (κ3) is 4.19. The van der Waals surface area contributed by atoms with Crippen molar-refractivity contribution in [2.24, 2.45) is 0 Å². The zero-order valence-corrected chi connectivity index (χ0v) is 13.2. The lowest BCUT2D eigenvalue weighted by Crippen LogP contribution is -2.29. The molecule has 1 atom stereocenters. The van der Waals surface area contributed by atoms with Crippen LogP contribution in [0.4, 0.5) is 0 Å². The molecule has 2 aromatic rings. The van der Waals surface area contributed by atoms with E-state index in [1.54, 1.807) is 6.08 Å². The van der Waals surface area contributed by atoms with Crippen LogP contribution in [0, 0.1) is 6.92 Å². The number of aryl methyl sites for hydroxylation is 1. The molecule has 3 rings (SSSR count). The van der Waals surface area contributed by atoms with Crippen LogP contribution in [0.3, 0.4) is 0 Å². The summed E-state index contributed by atoms with van der Waals surface area (Å²) in [5.74, 6) is 0.654. The van der Waals surface area contributed by atoms with Crippen LogP contribution in [0.25, 0.3) is 6.08 Å². The number of aromatic nitrogens is 1. The number of pyridine rings is 1. The molecule has 4 nitrogen and oxygen atoms in total. The Labute approximate surface area is 136 Å². The summed E-state index contributed by atoms with van der Waals surface area (Å²) < 4.78 is 5.87. The largest absolute Gasteiger partial charge is 0.472 e. The highest BCUT2D eigenvalue weighted by molar-refractivity contribution is 5.92. The van der Waals surface area contributed by atoms with Crippen LogP contribution in [0.1, 0.15) is 17.7 Å². The van der Waals surface area contributed by atoms with E-state index in [9.17, 15) is 4.79 Å². The van der Waals surface area contributed by atoms with Gasteiger partial charge in [0.15, 0.2) is 0 Å². The average molecular weight is 308 g/mol. The lowest BCUT2D eigenvalue weighted by atomic mass is 10.2. The van der Waals surface area contributed by atoms with Crippen molar-refractivity contribution in [1.29, 1.82) is 0 Å². The molecule has 0 bridgehead atoms. The molecular formula is C19H20N2O2. The van der Waals surface area contributed by atoms with Gasteiger partial charge >= 0.3 is 0 Å². The van der Waals surface area contributed by atoms with E-state index in [4.69, 9.17) is 4.74 Å². The van der Waals surface area contributed by atoms with Crippen LogP contribution in [0.15, 0.2) is 54.6 Å². The van der Waals surface area contributed by atoms with Crippen LogP contribution in [0.5, 0.6) is 5.88 Å². The first-order valence-corrected chi connectivity index (χ1v) is 7.83. The summed E-state index contributed by atoms with van der Waals surface area (Å²) in [6.07, 6.45) is 4.32. The van der Waals surface area contributed by atoms with Gasteiger partial charge in [-0.25, -0.2) is 4.98 Å². The van der Waals surface area contributed by atoms with Crippen LogP contribution >= 0.6 is 0 Å². The summed E-state index contributed by atoms with van der Waals surface area (Å²) in [4.78, 5) is 18.4. The lowest BCUT2D eigenvalue weighted by molar-refractivity contribution is -0.125. The number of carbonyl (C=O) groups excluding carboxylic acids is 1. The number of ether oxygens (including phenoxy) is 1. The summed E-state index contributed by atoms with van der Waals surface area (Å²) in [6.45, 7) is 3.26. The predicted molar refractivity (Wildman–Crippen MR) is 90.1 cm³/mol. The molecule has 1 aromatic carbocycles. The molecule has 1 aromatic heterocycles. The van der Waals surface area contributed by atoms with Gasteiger partial charge in [0.2, 0.25) is 11.8 Å². The maximum atomic E-state index is 12.2. The maximum Gasteiger partial charge on any atom is 0.246 e. The smallest absolute Gasteiger partial charge is 0.246 e. The number of nitrogens with zero attached hydrogens (tertiary/aromatic N) is 2. The van der Waals surface area contributed by atoms with Crippen molar-refractivity contribution < 1.29 is 9.53 Å². The zero-order valence-electron chi connectivity index (χ0n) is 13.2. The van der Waals surface area contributed by atoms with Gasteiger partial charge in [-0.1, -0.05) is 36.4 Å². The Morgan fingerprint density at radius 3 is 2.83 bits per heavy atom. The van der Waals surface area contributed by atoms with E-state index in [1.807, 2.05) is 66.4 Å². The number of amides is 1. The second-order valence-electron chi connectivity index (χ2n) is 5.67. The van der Waals surface area contributed by atoms with Crippen molar-refractivity contribution in [1.82, 2.24) is 9.88 Å². The molecule has 118 valence electrons. The highest BCUT2D eigenvalue weighted by atomic mass is 16.5. The molecular weight excluding hydrogens is 288 g/mol. The molecule has 1 fully saturated rings. The average Bonchev–Trinajstić information content (AvgIpc) is 3.02. The summed E-state index contributed by atoms with van der Waals surface area (Å²) >= 11 is 0. The molecule has 0 saturated carbocycles. The highest BCUT2D eigenvalue weighted by Gasteiger charge is 2.26. The zero-order chi connectivity index (χ0) is 16.1. The fourth-order valence-corrected chi connectivity index (χ4v) is 2.62. The van der Waals surface area contributed by atoms with E-state index in [1.165, 1.54) is 0 Å². The van der Waals surface area contributed by atoms with Crippen molar-refractivity contribution in [3.05, 3.63) is 65.9 Å². The third-order valence-electron chi connectivity index (χ3n) is 3.82. The Morgan fingerprint density at radius 1 is 1.22 bits per heavy atom. The van der Waals surface area contributed by atoms with Crippen molar-refractivity contribution in [2.45, 2.75) is 19.4 Å². The second-order valence-corrected chi connectivity index (χ2v) is 5.67. The normalized spacial score (nSPS) is 17.6. The Bertz CT molecular complexity index is 698. The molecule has 1 unspecified atom stereocenters. The number of likely N-dealkylation sites (tertiary alicyclic amines) is 1. The van der Waals surface area contributed by atoms with E-state index < -0.39 is 0 Å². The molecule has 1 aliphatic rings. The van der Waals surface area contributed by atoms with Crippen molar-refractivity contribution >= 4 is 12.0 Å². The Kier molecular flexibility index (Phi) is 4.71.